The van der Waals surface area contributed by atoms with Gasteiger partial charge in [-0.25, -0.2) is 8.42 Å². The van der Waals surface area contributed by atoms with Crippen LogP contribution in [0.5, 0.6) is 5.75 Å². The molecule has 2 rings (SSSR count). The maximum atomic E-state index is 12.2. The zero-order valence-electron chi connectivity index (χ0n) is 10.6. The highest BCUT2D eigenvalue weighted by atomic mass is 32.2. The van der Waals surface area contributed by atoms with Gasteiger partial charge in [-0.15, -0.1) is 0 Å². The molecule has 0 amide bonds. The molecule has 1 aliphatic rings. The maximum absolute atomic E-state index is 12.2. The van der Waals surface area contributed by atoms with Crippen LogP contribution in [0.2, 0.25) is 0 Å². The number of anilines is 1. The predicted octanol–water partition coefficient (Wildman–Crippen LogP) is 2.13. The van der Waals surface area contributed by atoms with Crippen molar-refractivity contribution in [2.45, 2.75) is 36.7 Å². The Bertz CT molecular complexity index is 519. The van der Waals surface area contributed by atoms with Gasteiger partial charge in [-0.1, -0.05) is 12.8 Å². The van der Waals surface area contributed by atoms with E-state index >= 15 is 0 Å². The van der Waals surface area contributed by atoms with Crippen molar-refractivity contribution in [2.24, 2.45) is 0 Å². The summed E-state index contributed by atoms with van der Waals surface area (Å²) in [5.41, 5.74) is 6.97. The summed E-state index contributed by atoms with van der Waals surface area (Å²) in [5.74, 6) is 0.658. The summed E-state index contributed by atoms with van der Waals surface area (Å²) in [4.78, 5) is 0. The van der Waals surface area contributed by atoms with Gasteiger partial charge in [-0.2, -0.15) is 0 Å². The van der Waals surface area contributed by atoms with Crippen molar-refractivity contribution in [1.29, 1.82) is 0 Å². The van der Waals surface area contributed by atoms with E-state index in [1.165, 1.54) is 0 Å². The van der Waals surface area contributed by atoms with Crippen LogP contribution in [-0.2, 0) is 15.6 Å². The highest BCUT2D eigenvalue weighted by molar-refractivity contribution is 7.91. The highest BCUT2D eigenvalue weighted by Crippen LogP contribution is 2.28. The Morgan fingerprint density at radius 1 is 1.28 bits per heavy atom. The lowest BCUT2D eigenvalue weighted by molar-refractivity contribution is 0.414. The van der Waals surface area contributed by atoms with Gasteiger partial charge >= 0.3 is 0 Å². The zero-order chi connectivity index (χ0) is 13.2. The van der Waals surface area contributed by atoms with E-state index in [2.05, 4.69) is 0 Å². The third-order valence-electron chi connectivity index (χ3n) is 3.40. The number of methoxy groups -OCH3 is 1. The van der Waals surface area contributed by atoms with E-state index in [9.17, 15) is 8.42 Å². The third kappa shape index (κ3) is 2.96. The number of rotatable bonds is 4. The maximum Gasteiger partial charge on any atom is 0.157 e. The highest BCUT2D eigenvalue weighted by Gasteiger charge is 2.28. The molecule has 0 atom stereocenters. The molecule has 4 nitrogen and oxygen atoms in total. The lowest BCUT2D eigenvalue weighted by Crippen LogP contribution is -2.19. The molecule has 1 fully saturated rings. The Morgan fingerprint density at radius 3 is 2.56 bits per heavy atom. The van der Waals surface area contributed by atoms with Crippen LogP contribution in [0.4, 0.5) is 5.69 Å². The molecule has 1 saturated carbocycles. The smallest absolute Gasteiger partial charge is 0.157 e. The standard InChI is InChI=1S/C13H19NO3S/c1-17-12-7-10(6-11(14)8-12)9-18(15,16)13-4-2-3-5-13/h6-8,13H,2-5,9,14H2,1H3. The molecule has 0 aliphatic heterocycles. The van der Waals surface area contributed by atoms with E-state index in [-0.39, 0.29) is 11.0 Å². The van der Waals surface area contributed by atoms with Crippen LogP contribution >= 0.6 is 0 Å². The first-order valence-electron chi connectivity index (χ1n) is 6.16. The summed E-state index contributed by atoms with van der Waals surface area (Å²) in [6.07, 6.45) is 3.62. The van der Waals surface area contributed by atoms with Gasteiger partial charge in [-0.05, 0) is 30.5 Å². The molecule has 0 unspecified atom stereocenters. The molecule has 1 aromatic carbocycles. The molecule has 0 spiro atoms. The van der Waals surface area contributed by atoms with Crippen molar-refractivity contribution in [3.63, 3.8) is 0 Å². The third-order valence-corrected chi connectivity index (χ3v) is 5.63. The van der Waals surface area contributed by atoms with E-state index in [0.717, 1.165) is 25.7 Å². The van der Waals surface area contributed by atoms with Gasteiger partial charge in [0.15, 0.2) is 9.84 Å². The Kier molecular flexibility index (Phi) is 3.80. The van der Waals surface area contributed by atoms with E-state index in [0.29, 0.717) is 17.0 Å². The first-order valence-corrected chi connectivity index (χ1v) is 7.88. The Hall–Kier alpha value is -1.23. The molecule has 1 aliphatic carbocycles. The largest absolute Gasteiger partial charge is 0.497 e. The van der Waals surface area contributed by atoms with Crippen LogP contribution in [0.3, 0.4) is 0 Å². The van der Waals surface area contributed by atoms with Gasteiger partial charge in [-0.3, -0.25) is 0 Å². The fraction of sp³-hybridized carbons (Fsp3) is 0.538. The number of nitrogen functional groups attached to an aromatic ring is 1. The summed E-state index contributed by atoms with van der Waals surface area (Å²) >= 11 is 0. The van der Waals surface area contributed by atoms with Gasteiger partial charge in [0.1, 0.15) is 5.75 Å². The average Bonchev–Trinajstić information content (AvgIpc) is 2.81. The number of hydrogen-bond acceptors (Lipinski definition) is 4. The summed E-state index contributed by atoms with van der Waals surface area (Å²) in [6.45, 7) is 0. The quantitative estimate of drug-likeness (QED) is 0.850. The number of benzene rings is 1. The number of hydrogen-bond donors (Lipinski definition) is 1. The lowest BCUT2D eigenvalue weighted by atomic mass is 10.2. The number of nitrogens with two attached hydrogens (primary N) is 1. The molecule has 0 bridgehead atoms. The molecule has 0 radical (unpaired) electrons. The molecule has 0 aromatic heterocycles. The molecule has 1 aromatic rings. The molecule has 0 saturated heterocycles. The zero-order valence-corrected chi connectivity index (χ0v) is 11.4. The minimum absolute atomic E-state index is 0.0546. The van der Waals surface area contributed by atoms with Crippen LogP contribution in [0.25, 0.3) is 0 Å². The first-order chi connectivity index (χ1) is 8.51. The molecular weight excluding hydrogens is 250 g/mol. The second-order valence-corrected chi connectivity index (χ2v) is 7.11. The number of ether oxygens (including phenoxy) is 1. The summed E-state index contributed by atoms with van der Waals surface area (Å²) in [5, 5.41) is -0.176. The second kappa shape index (κ2) is 5.18. The van der Waals surface area contributed by atoms with E-state index in [4.69, 9.17) is 10.5 Å². The fourth-order valence-corrected chi connectivity index (χ4v) is 4.40. The summed E-state index contributed by atoms with van der Waals surface area (Å²) in [6, 6.07) is 5.13. The number of sulfone groups is 1. The summed E-state index contributed by atoms with van der Waals surface area (Å²) < 4.78 is 29.6. The lowest BCUT2D eigenvalue weighted by Gasteiger charge is -2.12. The van der Waals surface area contributed by atoms with E-state index in [1.54, 1.807) is 25.3 Å². The molecule has 0 heterocycles. The Morgan fingerprint density at radius 2 is 1.94 bits per heavy atom. The Balaban J connectivity index is 2.20. The molecule has 100 valence electrons. The fourth-order valence-electron chi connectivity index (χ4n) is 2.48. The van der Waals surface area contributed by atoms with Crippen LogP contribution in [0, 0.1) is 0 Å². The normalized spacial score (nSPS) is 16.9. The van der Waals surface area contributed by atoms with Crippen LogP contribution in [0.15, 0.2) is 18.2 Å². The van der Waals surface area contributed by atoms with Crippen molar-refractivity contribution < 1.29 is 13.2 Å². The van der Waals surface area contributed by atoms with Gasteiger partial charge in [0, 0.05) is 11.8 Å². The molecule has 18 heavy (non-hydrogen) atoms. The van der Waals surface area contributed by atoms with Crippen LogP contribution < -0.4 is 10.5 Å². The minimum Gasteiger partial charge on any atom is -0.497 e. The van der Waals surface area contributed by atoms with Crippen molar-refractivity contribution in [1.82, 2.24) is 0 Å². The summed E-state index contributed by atoms with van der Waals surface area (Å²) in [7, 11) is -1.52. The van der Waals surface area contributed by atoms with E-state index in [1.807, 2.05) is 0 Å². The van der Waals surface area contributed by atoms with Crippen LogP contribution in [0.1, 0.15) is 31.2 Å². The minimum atomic E-state index is -3.07. The van der Waals surface area contributed by atoms with Gasteiger partial charge in [0.25, 0.3) is 0 Å². The van der Waals surface area contributed by atoms with Gasteiger partial charge in [0.05, 0.1) is 18.1 Å². The van der Waals surface area contributed by atoms with Crippen molar-refractivity contribution in [3.8, 4) is 5.75 Å². The second-order valence-electron chi connectivity index (χ2n) is 4.83. The van der Waals surface area contributed by atoms with Gasteiger partial charge < -0.3 is 10.5 Å². The SMILES string of the molecule is COc1cc(N)cc(CS(=O)(=O)C2CCCC2)c1. The molecule has 5 heteroatoms. The predicted molar refractivity (Wildman–Crippen MR) is 72.3 cm³/mol. The Labute approximate surface area is 108 Å². The van der Waals surface area contributed by atoms with Crippen molar-refractivity contribution in [2.75, 3.05) is 12.8 Å². The van der Waals surface area contributed by atoms with Gasteiger partial charge in [0.2, 0.25) is 0 Å². The monoisotopic (exact) mass is 269 g/mol. The molecule has 2 N–H and O–H groups in total. The topological polar surface area (TPSA) is 69.4 Å². The van der Waals surface area contributed by atoms with Crippen molar-refractivity contribution in [3.05, 3.63) is 23.8 Å². The average molecular weight is 269 g/mol. The van der Waals surface area contributed by atoms with Crippen molar-refractivity contribution >= 4 is 15.5 Å². The van der Waals surface area contributed by atoms with E-state index < -0.39 is 9.84 Å². The first kappa shape index (κ1) is 13.2. The molecular formula is C13H19NO3S. The van der Waals surface area contributed by atoms with Crippen LogP contribution in [-0.4, -0.2) is 20.8 Å².